The third kappa shape index (κ3) is 2.73. The van der Waals surface area contributed by atoms with Crippen LogP contribution in [0.5, 0.6) is 0 Å². The third-order valence-electron chi connectivity index (χ3n) is 5.29. The predicted molar refractivity (Wildman–Crippen MR) is 97.1 cm³/mol. The average molecular weight is 323 g/mol. The summed E-state index contributed by atoms with van der Waals surface area (Å²) in [6, 6.07) is 10.6. The summed E-state index contributed by atoms with van der Waals surface area (Å²) in [5.41, 5.74) is 15.9. The first-order valence-electron chi connectivity index (χ1n) is 8.78. The Hall–Kier alpha value is -2.14. The molecule has 1 fully saturated rings. The fraction of sp³-hybridized carbons (Fsp3) is 0.474. The monoisotopic (exact) mass is 323 g/mol. The molecule has 0 spiro atoms. The molecule has 0 saturated carbocycles. The van der Waals surface area contributed by atoms with E-state index in [1.807, 2.05) is 0 Å². The Labute approximate surface area is 143 Å². The number of aromatic nitrogens is 2. The molecule has 2 aromatic rings. The van der Waals surface area contributed by atoms with E-state index in [2.05, 4.69) is 52.1 Å². The van der Waals surface area contributed by atoms with Crippen LogP contribution in [-0.4, -0.2) is 28.6 Å². The zero-order valence-electron chi connectivity index (χ0n) is 14.2. The van der Waals surface area contributed by atoms with Gasteiger partial charge in [0.2, 0.25) is 5.95 Å². The minimum absolute atomic E-state index is 0.153. The van der Waals surface area contributed by atoms with Crippen LogP contribution in [-0.2, 0) is 6.42 Å². The highest BCUT2D eigenvalue weighted by atomic mass is 15.3. The van der Waals surface area contributed by atoms with Gasteiger partial charge in [-0.1, -0.05) is 30.3 Å². The molecule has 1 aliphatic carbocycles. The van der Waals surface area contributed by atoms with Crippen molar-refractivity contribution in [1.82, 2.24) is 9.97 Å². The minimum atomic E-state index is -0.153. The van der Waals surface area contributed by atoms with Crippen LogP contribution in [0.4, 0.5) is 11.8 Å². The van der Waals surface area contributed by atoms with E-state index in [0.29, 0.717) is 11.9 Å². The van der Waals surface area contributed by atoms with Gasteiger partial charge in [0.15, 0.2) is 0 Å². The molecule has 4 N–H and O–H groups in total. The molecular weight excluding hydrogens is 298 g/mol. The van der Waals surface area contributed by atoms with Crippen molar-refractivity contribution in [2.45, 2.75) is 44.1 Å². The van der Waals surface area contributed by atoms with E-state index < -0.39 is 0 Å². The summed E-state index contributed by atoms with van der Waals surface area (Å²) in [6.45, 7) is 3.87. The molecule has 1 aromatic heterocycles. The van der Waals surface area contributed by atoms with E-state index in [-0.39, 0.29) is 5.54 Å². The van der Waals surface area contributed by atoms with Gasteiger partial charge in [0.1, 0.15) is 5.82 Å². The molecule has 2 atom stereocenters. The van der Waals surface area contributed by atoms with Crippen LogP contribution >= 0.6 is 0 Å². The van der Waals surface area contributed by atoms with Crippen molar-refractivity contribution in [1.29, 1.82) is 0 Å². The van der Waals surface area contributed by atoms with Crippen molar-refractivity contribution in [2.24, 2.45) is 5.73 Å². The topological polar surface area (TPSA) is 81.1 Å². The van der Waals surface area contributed by atoms with E-state index in [9.17, 15) is 0 Å². The molecule has 4 rings (SSSR count). The van der Waals surface area contributed by atoms with Crippen molar-refractivity contribution < 1.29 is 0 Å². The summed E-state index contributed by atoms with van der Waals surface area (Å²) < 4.78 is 0. The SMILES string of the molecule is CC1(N)CCN(c2nc(N)nc3c2CCCC3c2ccccc2)C1. The first-order chi connectivity index (χ1) is 11.5. The van der Waals surface area contributed by atoms with Crippen LogP contribution < -0.4 is 16.4 Å². The van der Waals surface area contributed by atoms with Crippen molar-refractivity contribution in [3.8, 4) is 0 Å². The number of fused-ring (bicyclic) bond motifs is 1. The summed E-state index contributed by atoms with van der Waals surface area (Å²) in [4.78, 5) is 11.5. The van der Waals surface area contributed by atoms with Gasteiger partial charge in [-0.2, -0.15) is 4.98 Å². The van der Waals surface area contributed by atoms with Crippen molar-refractivity contribution in [2.75, 3.05) is 23.7 Å². The Morgan fingerprint density at radius 2 is 2.00 bits per heavy atom. The third-order valence-corrected chi connectivity index (χ3v) is 5.29. The van der Waals surface area contributed by atoms with Gasteiger partial charge < -0.3 is 16.4 Å². The van der Waals surface area contributed by atoms with E-state index >= 15 is 0 Å². The van der Waals surface area contributed by atoms with Gasteiger partial charge in [-0.05, 0) is 38.2 Å². The number of benzene rings is 1. The summed E-state index contributed by atoms with van der Waals surface area (Å²) >= 11 is 0. The van der Waals surface area contributed by atoms with Crippen molar-refractivity contribution in [3.05, 3.63) is 47.2 Å². The molecule has 2 unspecified atom stereocenters. The van der Waals surface area contributed by atoms with Crippen LogP contribution in [0.15, 0.2) is 30.3 Å². The lowest BCUT2D eigenvalue weighted by molar-refractivity contribution is 0.524. The molecule has 126 valence electrons. The van der Waals surface area contributed by atoms with Gasteiger partial charge in [0.25, 0.3) is 0 Å². The summed E-state index contributed by atoms with van der Waals surface area (Å²) in [7, 11) is 0. The number of nitrogens with two attached hydrogens (primary N) is 2. The van der Waals surface area contributed by atoms with Gasteiger partial charge in [-0.15, -0.1) is 0 Å². The van der Waals surface area contributed by atoms with Crippen LogP contribution in [0, 0.1) is 0 Å². The smallest absolute Gasteiger partial charge is 0.222 e. The number of anilines is 2. The minimum Gasteiger partial charge on any atom is -0.368 e. The lowest BCUT2D eigenvalue weighted by Gasteiger charge is -2.30. The largest absolute Gasteiger partial charge is 0.368 e. The Balaban J connectivity index is 1.78. The Morgan fingerprint density at radius 1 is 1.21 bits per heavy atom. The van der Waals surface area contributed by atoms with Crippen molar-refractivity contribution in [3.63, 3.8) is 0 Å². The molecule has 1 saturated heterocycles. The lowest BCUT2D eigenvalue weighted by Crippen LogP contribution is -2.39. The number of hydrogen-bond donors (Lipinski definition) is 2. The number of rotatable bonds is 2. The normalized spacial score (nSPS) is 26.4. The molecule has 1 aliphatic heterocycles. The second-order valence-corrected chi connectivity index (χ2v) is 7.45. The fourth-order valence-electron chi connectivity index (χ4n) is 4.09. The van der Waals surface area contributed by atoms with Gasteiger partial charge in [-0.25, -0.2) is 4.98 Å². The summed E-state index contributed by atoms with van der Waals surface area (Å²) in [5.74, 6) is 1.69. The van der Waals surface area contributed by atoms with Crippen LogP contribution in [0.25, 0.3) is 0 Å². The lowest BCUT2D eigenvalue weighted by atomic mass is 9.82. The van der Waals surface area contributed by atoms with E-state index in [4.69, 9.17) is 11.5 Å². The van der Waals surface area contributed by atoms with Gasteiger partial charge in [0.05, 0.1) is 5.69 Å². The summed E-state index contributed by atoms with van der Waals surface area (Å²) in [5, 5.41) is 0. The van der Waals surface area contributed by atoms with E-state index in [0.717, 1.165) is 50.3 Å². The van der Waals surface area contributed by atoms with Crippen molar-refractivity contribution >= 4 is 11.8 Å². The number of hydrogen-bond acceptors (Lipinski definition) is 5. The standard InChI is InChI=1S/C19H25N5/c1-19(21)10-11-24(12-19)17-15-9-5-8-14(13-6-3-2-4-7-13)16(15)22-18(20)23-17/h2-4,6-7,14H,5,8-12,21H2,1H3,(H2,20,22,23). The van der Waals surface area contributed by atoms with Gasteiger partial charge in [-0.3, -0.25) is 0 Å². The molecule has 5 heteroatoms. The molecule has 1 aromatic carbocycles. The molecular formula is C19H25N5. The molecule has 0 bridgehead atoms. The highest BCUT2D eigenvalue weighted by Crippen LogP contribution is 2.40. The van der Waals surface area contributed by atoms with Crippen LogP contribution in [0.1, 0.15) is 48.9 Å². The van der Waals surface area contributed by atoms with Crippen LogP contribution in [0.3, 0.4) is 0 Å². The Kier molecular flexibility index (Phi) is 3.68. The second-order valence-electron chi connectivity index (χ2n) is 7.45. The average Bonchev–Trinajstić information content (AvgIpc) is 2.94. The summed E-state index contributed by atoms with van der Waals surface area (Å²) in [6.07, 6.45) is 4.27. The Bertz CT molecular complexity index is 741. The van der Waals surface area contributed by atoms with Gasteiger partial charge >= 0.3 is 0 Å². The fourth-order valence-corrected chi connectivity index (χ4v) is 4.09. The first-order valence-corrected chi connectivity index (χ1v) is 8.78. The molecule has 24 heavy (non-hydrogen) atoms. The maximum atomic E-state index is 6.32. The molecule has 0 radical (unpaired) electrons. The zero-order chi connectivity index (χ0) is 16.7. The quantitative estimate of drug-likeness (QED) is 0.887. The second kappa shape index (κ2) is 5.74. The zero-order valence-corrected chi connectivity index (χ0v) is 14.2. The van der Waals surface area contributed by atoms with Gasteiger partial charge in [0, 0.05) is 30.1 Å². The van der Waals surface area contributed by atoms with E-state index in [1.165, 1.54) is 11.1 Å². The molecule has 0 amide bonds. The molecule has 2 heterocycles. The number of nitrogen functional groups attached to an aromatic ring is 1. The molecule has 2 aliphatic rings. The maximum absolute atomic E-state index is 6.32. The van der Waals surface area contributed by atoms with Crippen LogP contribution in [0.2, 0.25) is 0 Å². The number of nitrogens with zero attached hydrogens (tertiary/aromatic N) is 3. The highest BCUT2D eigenvalue weighted by Gasteiger charge is 2.34. The Morgan fingerprint density at radius 3 is 2.71 bits per heavy atom. The first kappa shape index (κ1) is 15.4. The highest BCUT2D eigenvalue weighted by molar-refractivity contribution is 5.56. The maximum Gasteiger partial charge on any atom is 0.222 e. The van der Waals surface area contributed by atoms with E-state index in [1.54, 1.807) is 0 Å². The predicted octanol–water partition coefficient (Wildman–Crippen LogP) is 2.45. The molecule has 5 nitrogen and oxygen atoms in total.